The van der Waals surface area contributed by atoms with Gasteiger partial charge >= 0.3 is 0 Å². The number of nitrogens with zero attached hydrogens (tertiary/aromatic N) is 3. The Bertz CT molecular complexity index is 451. The highest BCUT2D eigenvalue weighted by Gasteiger charge is 2.03. The molecular formula is C12H19N5. The lowest BCUT2D eigenvalue weighted by atomic mass is 10.1. The van der Waals surface area contributed by atoms with Crippen molar-refractivity contribution in [1.29, 1.82) is 0 Å². The summed E-state index contributed by atoms with van der Waals surface area (Å²) in [6.45, 7) is 3.19. The second kappa shape index (κ2) is 6.18. The van der Waals surface area contributed by atoms with Crippen molar-refractivity contribution >= 4 is 16.9 Å². The summed E-state index contributed by atoms with van der Waals surface area (Å²) in [5.74, 6) is 0.874. The van der Waals surface area contributed by atoms with Gasteiger partial charge in [0, 0.05) is 6.54 Å². The Morgan fingerprint density at radius 1 is 1.18 bits per heavy atom. The van der Waals surface area contributed by atoms with Crippen molar-refractivity contribution in [1.82, 2.24) is 20.2 Å². The van der Waals surface area contributed by atoms with Crippen LogP contribution >= 0.6 is 0 Å². The molecule has 0 unspecified atom stereocenters. The third kappa shape index (κ3) is 3.15. The van der Waals surface area contributed by atoms with Crippen molar-refractivity contribution < 1.29 is 0 Å². The minimum Gasteiger partial charge on any atom is -0.369 e. The monoisotopic (exact) mass is 233 g/mol. The van der Waals surface area contributed by atoms with Crippen LogP contribution < -0.4 is 5.32 Å². The number of hydrogen-bond acceptors (Lipinski definition) is 4. The zero-order valence-electron chi connectivity index (χ0n) is 10.2. The Morgan fingerprint density at radius 3 is 2.94 bits per heavy atom. The maximum absolute atomic E-state index is 4.23. The molecule has 0 bridgehead atoms. The molecule has 2 heterocycles. The molecule has 92 valence electrons. The minimum absolute atomic E-state index is 0.786. The normalized spacial score (nSPS) is 10.9. The fourth-order valence-corrected chi connectivity index (χ4v) is 1.84. The fourth-order valence-electron chi connectivity index (χ4n) is 1.84. The molecule has 0 radical (unpaired) electrons. The molecule has 2 aromatic heterocycles. The Morgan fingerprint density at radius 2 is 2.06 bits per heavy atom. The molecule has 0 saturated carbocycles. The first-order valence-electron chi connectivity index (χ1n) is 6.29. The number of aromatic amines is 1. The van der Waals surface area contributed by atoms with Gasteiger partial charge in [0.25, 0.3) is 0 Å². The summed E-state index contributed by atoms with van der Waals surface area (Å²) in [4.78, 5) is 8.33. The molecule has 2 aromatic rings. The molecule has 5 heteroatoms. The Balaban J connectivity index is 1.80. The van der Waals surface area contributed by atoms with E-state index >= 15 is 0 Å². The number of hydrogen-bond donors (Lipinski definition) is 2. The van der Waals surface area contributed by atoms with Crippen LogP contribution in [0.4, 0.5) is 5.82 Å². The Hall–Kier alpha value is -1.65. The van der Waals surface area contributed by atoms with Crippen LogP contribution in [-0.4, -0.2) is 26.7 Å². The molecule has 17 heavy (non-hydrogen) atoms. The summed E-state index contributed by atoms with van der Waals surface area (Å²) < 4.78 is 0. The molecule has 0 aliphatic heterocycles. The molecule has 0 amide bonds. The summed E-state index contributed by atoms with van der Waals surface area (Å²) in [5.41, 5.74) is 0.786. The van der Waals surface area contributed by atoms with Gasteiger partial charge < -0.3 is 5.32 Å². The van der Waals surface area contributed by atoms with Crippen LogP contribution in [0.1, 0.15) is 39.0 Å². The van der Waals surface area contributed by atoms with E-state index in [0.717, 1.165) is 23.4 Å². The van der Waals surface area contributed by atoms with Gasteiger partial charge in [-0.05, 0) is 6.42 Å². The maximum Gasteiger partial charge on any atom is 0.160 e. The highest BCUT2D eigenvalue weighted by molar-refractivity contribution is 5.85. The number of rotatable bonds is 7. The van der Waals surface area contributed by atoms with Crippen LogP contribution in [0.3, 0.4) is 0 Å². The van der Waals surface area contributed by atoms with E-state index in [4.69, 9.17) is 0 Å². The topological polar surface area (TPSA) is 66.5 Å². The third-order valence-corrected chi connectivity index (χ3v) is 2.82. The molecule has 0 spiro atoms. The summed E-state index contributed by atoms with van der Waals surface area (Å²) in [6, 6.07) is 0. The second-order valence-electron chi connectivity index (χ2n) is 4.20. The molecule has 2 N–H and O–H groups in total. The summed E-state index contributed by atoms with van der Waals surface area (Å²) in [7, 11) is 0. The quantitative estimate of drug-likeness (QED) is 0.722. The van der Waals surface area contributed by atoms with E-state index in [-0.39, 0.29) is 0 Å². The average Bonchev–Trinajstić information content (AvgIpc) is 2.82. The lowest BCUT2D eigenvalue weighted by Gasteiger charge is -2.05. The van der Waals surface area contributed by atoms with Crippen molar-refractivity contribution in [3.63, 3.8) is 0 Å². The van der Waals surface area contributed by atoms with Crippen molar-refractivity contribution in [3.05, 3.63) is 12.5 Å². The van der Waals surface area contributed by atoms with Crippen molar-refractivity contribution in [2.24, 2.45) is 0 Å². The van der Waals surface area contributed by atoms with Gasteiger partial charge in [-0.15, -0.1) is 0 Å². The minimum atomic E-state index is 0.786. The molecule has 0 aliphatic carbocycles. The highest BCUT2D eigenvalue weighted by atomic mass is 15.2. The van der Waals surface area contributed by atoms with Gasteiger partial charge in [-0.3, -0.25) is 5.10 Å². The van der Waals surface area contributed by atoms with Gasteiger partial charge in [0.2, 0.25) is 0 Å². The average molecular weight is 233 g/mol. The SMILES string of the molecule is CCCCCCCNc1ncnc2[nH]ncc12. The number of unbranched alkanes of at least 4 members (excludes halogenated alkanes) is 4. The first-order valence-corrected chi connectivity index (χ1v) is 6.29. The number of H-pyrrole nitrogens is 1. The Kier molecular flexibility index (Phi) is 4.30. The first kappa shape index (κ1) is 11.8. The smallest absolute Gasteiger partial charge is 0.160 e. The van der Waals surface area contributed by atoms with Crippen LogP contribution in [0, 0.1) is 0 Å². The maximum atomic E-state index is 4.23. The molecule has 0 saturated heterocycles. The zero-order valence-corrected chi connectivity index (χ0v) is 10.2. The van der Waals surface area contributed by atoms with E-state index < -0.39 is 0 Å². The fraction of sp³-hybridized carbons (Fsp3) is 0.583. The first-order chi connectivity index (χ1) is 8.42. The predicted octanol–water partition coefficient (Wildman–Crippen LogP) is 2.74. The van der Waals surface area contributed by atoms with Crippen molar-refractivity contribution in [2.75, 3.05) is 11.9 Å². The van der Waals surface area contributed by atoms with Crippen LogP contribution in [-0.2, 0) is 0 Å². The van der Waals surface area contributed by atoms with Crippen LogP contribution in [0.5, 0.6) is 0 Å². The highest BCUT2D eigenvalue weighted by Crippen LogP contribution is 2.15. The van der Waals surface area contributed by atoms with E-state index in [1.807, 2.05) is 0 Å². The predicted molar refractivity (Wildman–Crippen MR) is 68.9 cm³/mol. The molecule has 0 atom stereocenters. The van der Waals surface area contributed by atoms with Crippen molar-refractivity contribution in [2.45, 2.75) is 39.0 Å². The van der Waals surface area contributed by atoms with Gasteiger partial charge in [-0.25, -0.2) is 9.97 Å². The largest absolute Gasteiger partial charge is 0.369 e. The lowest BCUT2D eigenvalue weighted by Crippen LogP contribution is -2.03. The summed E-state index contributed by atoms with van der Waals surface area (Å²) in [5, 5.41) is 11.1. The van der Waals surface area contributed by atoms with E-state index in [0.29, 0.717) is 0 Å². The van der Waals surface area contributed by atoms with Gasteiger partial charge in [0.1, 0.15) is 12.1 Å². The van der Waals surface area contributed by atoms with E-state index in [2.05, 4.69) is 32.4 Å². The van der Waals surface area contributed by atoms with E-state index in [1.54, 1.807) is 12.5 Å². The third-order valence-electron chi connectivity index (χ3n) is 2.82. The van der Waals surface area contributed by atoms with Crippen molar-refractivity contribution in [3.8, 4) is 0 Å². The molecule has 0 fully saturated rings. The molecule has 2 rings (SSSR count). The summed E-state index contributed by atoms with van der Waals surface area (Å²) >= 11 is 0. The number of aromatic nitrogens is 4. The van der Waals surface area contributed by atoms with E-state index in [9.17, 15) is 0 Å². The molecule has 0 aromatic carbocycles. The van der Waals surface area contributed by atoms with Gasteiger partial charge in [0.15, 0.2) is 5.65 Å². The summed E-state index contributed by atoms with van der Waals surface area (Å²) in [6.07, 6.45) is 9.72. The van der Waals surface area contributed by atoms with Gasteiger partial charge in [-0.2, -0.15) is 5.10 Å². The second-order valence-corrected chi connectivity index (χ2v) is 4.20. The van der Waals surface area contributed by atoms with Gasteiger partial charge in [0.05, 0.1) is 11.6 Å². The van der Waals surface area contributed by atoms with Crippen LogP contribution in [0.25, 0.3) is 11.0 Å². The standard InChI is InChI=1S/C12H19N5/c1-2-3-4-5-6-7-13-11-10-8-16-17-12(10)15-9-14-11/h8-9H,2-7H2,1H3,(H2,13,14,15,16,17). The van der Waals surface area contributed by atoms with Crippen LogP contribution in [0.2, 0.25) is 0 Å². The zero-order chi connectivity index (χ0) is 11.9. The van der Waals surface area contributed by atoms with Crippen LogP contribution in [0.15, 0.2) is 12.5 Å². The lowest BCUT2D eigenvalue weighted by molar-refractivity contribution is 0.645. The molecule has 5 nitrogen and oxygen atoms in total. The Labute approximate surface area is 101 Å². The number of anilines is 1. The molecular weight excluding hydrogens is 214 g/mol. The number of fused-ring (bicyclic) bond motifs is 1. The molecule has 0 aliphatic rings. The van der Waals surface area contributed by atoms with E-state index in [1.165, 1.54) is 32.1 Å². The number of nitrogens with one attached hydrogen (secondary N) is 2. The van der Waals surface area contributed by atoms with Gasteiger partial charge in [-0.1, -0.05) is 32.6 Å².